The summed E-state index contributed by atoms with van der Waals surface area (Å²) in [6, 6.07) is 11.5. The minimum Gasteiger partial charge on any atom is -0.496 e. The summed E-state index contributed by atoms with van der Waals surface area (Å²) in [5.74, 6) is 0.684. The topological polar surface area (TPSA) is 21.3 Å². The number of ether oxygens (including phenoxy) is 1. The number of hydrogen-bond donors (Lipinski definition) is 1. The molecule has 0 atom stereocenters. The average Bonchev–Trinajstić information content (AvgIpc) is 2.42. The van der Waals surface area contributed by atoms with Gasteiger partial charge in [-0.25, -0.2) is 0 Å². The minimum atomic E-state index is -4.13. The van der Waals surface area contributed by atoms with Crippen molar-refractivity contribution in [2.24, 2.45) is 0 Å². The Kier molecular flexibility index (Phi) is 4.49. The Morgan fingerprint density at radius 1 is 1.10 bits per heavy atom. The Morgan fingerprint density at radius 2 is 1.85 bits per heavy atom. The lowest BCUT2D eigenvalue weighted by Gasteiger charge is -2.13. The number of hydrogen-bond acceptors (Lipinski definition) is 2. The number of halogens is 3. The van der Waals surface area contributed by atoms with E-state index in [1.165, 1.54) is 0 Å². The van der Waals surface area contributed by atoms with E-state index in [1.807, 2.05) is 36.4 Å². The van der Waals surface area contributed by atoms with Crippen molar-refractivity contribution in [3.8, 4) is 5.75 Å². The summed E-state index contributed by atoms with van der Waals surface area (Å²) in [5, 5.41) is 4.86. The lowest BCUT2D eigenvalue weighted by Crippen LogP contribution is -2.21. The minimum absolute atomic E-state index is 0.101. The van der Waals surface area contributed by atoms with Crippen molar-refractivity contribution in [1.82, 2.24) is 5.32 Å². The van der Waals surface area contributed by atoms with Gasteiger partial charge in [0.05, 0.1) is 13.5 Å². The second-order valence-electron chi connectivity index (χ2n) is 4.51. The number of alkyl halides is 3. The molecule has 20 heavy (non-hydrogen) atoms. The smallest absolute Gasteiger partial charge is 0.390 e. The third-order valence-electron chi connectivity index (χ3n) is 3.10. The normalized spacial score (nSPS) is 11.8. The highest BCUT2D eigenvalue weighted by molar-refractivity contribution is 5.87. The van der Waals surface area contributed by atoms with Gasteiger partial charge in [-0.15, -0.1) is 0 Å². The molecule has 0 amide bonds. The van der Waals surface area contributed by atoms with Gasteiger partial charge >= 0.3 is 6.18 Å². The van der Waals surface area contributed by atoms with Crippen LogP contribution in [0.4, 0.5) is 13.2 Å². The standard InChI is InChI=1S/C15H16F3NO/c1-20-14-7-6-11-4-2-3-5-12(11)13(14)10-19-9-8-15(16,17)18/h2-7,19H,8-10H2,1H3. The largest absolute Gasteiger partial charge is 0.496 e. The summed E-state index contributed by atoms with van der Waals surface area (Å²) in [6.07, 6.45) is -4.96. The molecule has 0 radical (unpaired) electrons. The molecule has 0 bridgehead atoms. The van der Waals surface area contributed by atoms with Crippen LogP contribution >= 0.6 is 0 Å². The summed E-state index contributed by atoms with van der Waals surface area (Å²) >= 11 is 0. The van der Waals surface area contributed by atoms with Gasteiger partial charge in [0.2, 0.25) is 0 Å². The molecule has 0 saturated carbocycles. The first kappa shape index (κ1) is 14.7. The molecule has 0 aliphatic heterocycles. The highest BCUT2D eigenvalue weighted by Crippen LogP contribution is 2.28. The van der Waals surface area contributed by atoms with Gasteiger partial charge in [-0.05, 0) is 16.8 Å². The van der Waals surface area contributed by atoms with Gasteiger partial charge < -0.3 is 10.1 Å². The molecule has 2 rings (SSSR count). The molecule has 2 nitrogen and oxygen atoms in total. The maximum absolute atomic E-state index is 12.1. The molecule has 0 aliphatic rings. The van der Waals surface area contributed by atoms with E-state index in [0.29, 0.717) is 12.3 Å². The van der Waals surface area contributed by atoms with E-state index in [4.69, 9.17) is 4.74 Å². The van der Waals surface area contributed by atoms with Crippen molar-refractivity contribution < 1.29 is 17.9 Å². The molecule has 108 valence electrons. The number of fused-ring (bicyclic) bond motifs is 1. The van der Waals surface area contributed by atoms with Crippen LogP contribution in [0.15, 0.2) is 36.4 Å². The zero-order valence-corrected chi connectivity index (χ0v) is 11.1. The molecule has 2 aromatic carbocycles. The molecule has 0 aliphatic carbocycles. The molecule has 0 saturated heterocycles. The molecule has 2 aromatic rings. The van der Waals surface area contributed by atoms with Crippen LogP contribution in [0.25, 0.3) is 10.8 Å². The fourth-order valence-electron chi connectivity index (χ4n) is 2.13. The van der Waals surface area contributed by atoms with E-state index in [2.05, 4.69) is 5.32 Å². The Hall–Kier alpha value is -1.75. The number of rotatable bonds is 5. The predicted molar refractivity (Wildman–Crippen MR) is 72.9 cm³/mol. The summed E-state index contributed by atoms with van der Waals surface area (Å²) in [4.78, 5) is 0. The zero-order valence-electron chi connectivity index (χ0n) is 11.1. The second kappa shape index (κ2) is 6.13. The van der Waals surface area contributed by atoms with E-state index in [9.17, 15) is 13.2 Å². The molecule has 1 N–H and O–H groups in total. The van der Waals surface area contributed by atoms with Crippen molar-refractivity contribution in [2.75, 3.05) is 13.7 Å². The van der Waals surface area contributed by atoms with Crippen LogP contribution in [0, 0.1) is 0 Å². The molecule has 0 fully saturated rings. The fourth-order valence-corrected chi connectivity index (χ4v) is 2.13. The molecule has 0 aromatic heterocycles. The molecule has 0 spiro atoms. The maximum Gasteiger partial charge on any atom is 0.390 e. The highest BCUT2D eigenvalue weighted by atomic mass is 19.4. The van der Waals surface area contributed by atoms with Gasteiger partial charge in [0, 0.05) is 18.7 Å². The number of methoxy groups -OCH3 is 1. The Bertz CT molecular complexity index is 581. The van der Waals surface area contributed by atoms with Crippen LogP contribution in [-0.2, 0) is 6.54 Å². The first-order valence-electron chi connectivity index (χ1n) is 6.33. The maximum atomic E-state index is 12.1. The lowest BCUT2D eigenvalue weighted by molar-refractivity contribution is -0.133. The first-order valence-corrected chi connectivity index (χ1v) is 6.33. The molecule has 5 heteroatoms. The van der Waals surface area contributed by atoms with Gasteiger partial charge in [-0.2, -0.15) is 13.2 Å². The van der Waals surface area contributed by atoms with Crippen molar-refractivity contribution in [1.29, 1.82) is 0 Å². The zero-order chi connectivity index (χ0) is 14.6. The third kappa shape index (κ3) is 3.63. The Balaban J connectivity index is 2.15. The third-order valence-corrected chi connectivity index (χ3v) is 3.10. The van der Waals surface area contributed by atoms with Crippen LogP contribution < -0.4 is 10.1 Å². The van der Waals surface area contributed by atoms with Crippen LogP contribution in [0.1, 0.15) is 12.0 Å². The summed E-state index contributed by atoms with van der Waals surface area (Å²) in [7, 11) is 1.56. The molecule has 0 unspecified atom stereocenters. The summed E-state index contributed by atoms with van der Waals surface area (Å²) < 4.78 is 41.6. The van der Waals surface area contributed by atoms with Crippen LogP contribution in [0.5, 0.6) is 5.75 Å². The van der Waals surface area contributed by atoms with Crippen molar-refractivity contribution in [3.63, 3.8) is 0 Å². The second-order valence-corrected chi connectivity index (χ2v) is 4.51. The van der Waals surface area contributed by atoms with E-state index >= 15 is 0 Å². The van der Waals surface area contributed by atoms with Gasteiger partial charge in [-0.1, -0.05) is 30.3 Å². The van der Waals surface area contributed by atoms with Crippen molar-refractivity contribution in [2.45, 2.75) is 19.1 Å². The van der Waals surface area contributed by atoms with Gasteiger partial charge in [0.25, 0.3) is 0 Å². The van der Waals surface area contributed by atoms with E-state index in [1.54, 1.807) is 7.11 Å². The lowest BCUT2D eigenvalue weighted by atomic mass is 10.0. The van der Waals surface area contributed by atoms with Crippen LogP contribution in [0.2, 0.25) is 0 Å². The molecular weight excluding hydrogens is 267 g/mol. The van der Waals surface area contributed by atoms with Crippen LogP contribution in [0.3, 0.4) is 0 Å². The summed E-state index contributed by atoms with van der Waals surface area (Å²) in [6.45, 7) is 0.247. The van der Waals surface area contributed by atoms with E-state index in [-0.39, 0.29) is 6.54 Å². The highest BCUT2D eigenvalue weighted by Gasteiger charge is 2.26. The van der Waals surface area contributed by atoms with Crippen molar-refractivity contribution in [3.05, 3.63) is 42.0 Å². The number of benzene rings is 2. The van der Waals surface area contributed by atoms with Crippen LogP contribution in [-0.4, -0.2) is 19.8 Å². The Labute approximate surface area is 115 Å². The average molecular weight is 283 g/mol. The van der Waals surface area contributed by atoms with Crippen molar-refractivity contribution >= 4 is 10.8 Å². The number of nitrogens with one attached hydrogen (secondary N) is 1. The molecule has 0 heterocycles. The fraction of sp³-hybridized carbons (Fsp3) is 0.333. The monoisotopic (exact) mass is 283 g/mol. The van der Waals surface area contributed by atoms with E-state index < -0.39 is 12.6 Å². The first-order chi connectivity index (χ1) is 9.51. The Morgan fingerprint density at radius 3 is 2.55 bits per heavy atom. The predicted octanol–water partition coefficient (Wildman–Crippen LogP) is 3.89. The quantitative estimate of drug-likeness (QED) is 0.841. The van der Waals surface area contributed by atoms with Gasteiger partial charge in [-0.3, -0.25) is 0 Å². The summed E-state index contributed by atoms with van der Waals surface area (Å²) in [5.41, 5.74) is 0.882. The van der Waals surface area contributed by atoms with E-state index in [0.717, 1.165) is 16.3 Å². The van der Waals surface area contributed by atoms with Gasteiger partial charge in [0.1, 0.15) is 5.75 Å². The SMILES string of the molecule is COc1ccc2ccccc2c1CNCCC(F)(F)F. The van der Waals surface area contributed by atoms with Gasteiger partial charge in [0.15, 0.2) is 0 Å². The molecular formula is C15H16F3NO.